The summed E-state index contributed by atoms with van der Waals surface area (Å²) < 4.78 is 41.1. The molecule has 11 heteroatoms. The number of ether oxygens (including phenoxy) is 3. The average Bonchev–Trinajstić information content (AvgIpc) is 2.78. The van der Waals surface area contributed by atoms with Gasteiger partial charge < -0.3 is 23.3 Å². The smallest absolute Gasteiger partial charge is 0.415 e. The van der Waals surface area contributed by atoms with Gasteiger partial charge in [-0.05, 0) is 70.9 Å². The lowest BCUT2D eigenvalue weighted by atomic mass is 10.0. The van der Waals surface area contributed by atoms with E-state index in [0.29, 0.717) is 5.75 Å². The van der Waals surface area contributed by atoms with Crippen molar-refractivity contribution in [2.75, 3.05) is 31.5 Å². The zero-order valence-corrected chi connectivity index (χ0v) is 25.0. The number of halogens is 2. The monoisotopic (exact) mass is 575 g/mol. The molecule has 0 heterocycles. The Kier molecular flexibility index (Phi) is 11.2. The van der Waals surface area contributed by atoms with Crippen LogP contribution in [-0.4, -0.2) is 38.3 Å². The largest absolute Gasteiger partial charge is 0.496 e. The van der Waals surface area contributed by atoms with Crippen molar-refractivity contribution in [1.29, 1.82) is 0 Å². The molecule has 37 heavy (non-hydrogen) atoms. The number of hydrogen-bond donors (Lipinski definition) is 0. The highest BCUT2D eigenvalue weighted by Crippen LogP contribution is 2.50. The molecule has 0 aliphatic rings. The molecule has 2 aromatic carbocycles. The van der Waals surface area contributed by atoms with Crippen molar-refractivity contribution in [3.63, 3.8) is 0 Å². The molecule has 0 spiro atoms. The van der Waals surface area contributed by atoms with E-state index < -0.39 is 25.6 Å². The van der Waals surface area contributed by atoms with Gasteiger partial charge >= 0.3 is 13.7 Å². The third-order valence-corrected chi connectivity index (χ3v) is 7.41. The van der Waals surface area contributed by atoms with Crippen LogP contribution in [0.15, 0.2) is 30.3 Å². The first kappa shape index (κ1) is 31.3. The molecule has 0 aliphatic heterocycles. The number of hydrogen-bond acceptors (Lipinski definition) is 7. The molecular formula is C26H36Cl2NO7P. The first-order valence-corrected chi connectivity index (χ1v) is 14.4. The van der Waals surface area contributed by atoms with Crippen LogP contribution < -0.4 is 14.4 Å². The first-order chi connectivity index (χ1) is 17.2. The zero-order chi connectivity index (χ0) is 28.0. The van der Waals surface area contributed by atoms with Crippen LogP contribution in [0.25, 0.3) is 0 Å². The molecule has 0 bridgehead atoms. The van der Waals surface area contributed by atoms with Crippen LogP contribution in [0.1, 0.15) is 59.9 Å². The van der Waals surface area contributed by atoms with Crippen molar-refractivity contribution < 1.29 is 32.6 Å². The maximum atomic E-state index is 13.3. The second-order valence-electron chi connectivity index (χ2n) is 9.40. The lowest BCUT2D eigenvalue weighted by Gasteiger charge is -2.30. The summed E-state index contributed by atoms with van der Waals surface area (Å²) >= 11 is 13.2. The topological polar surface area (TPSA) is 83.5 Å². The molecule has 0 N–H and O–H groups in total. The summed E-state index contributed by atoms with van der Waals surface area (Å²) in [6.07, 6.45) is -1.16. The van der Waals surface area contributed by atoms with Gasteiger partial charge in [0.15, 0.2) is 5.75 Å². The molecule has 0 saturated carbocycles. The van der Waals surface area contributed by atoms with Gasteiger partial charge in [0.05, 0.1) is 36.1 Å². The van der Waals surface area contributed by atoms with E-state index in [1.807, 2.05) is 26.0 Å². The standard InChI is InChI=1S/C26H36Cl2NO7P/c1-9-33-37(31,34-10-2)16-29(25(30)36-26(5,6)7)18-13-21(27)24(22(28)14-18)35-19-11-12-23(32-8)20(15-19)17(3)4/h11-15,17H,9-10,16H2,1-8H3. The van der Waals surface area contributed by atoms with Crippen LogP contribution in [0, 0.1) is 0 Å². The second-order valence-corrected chi connectivity index (χ2v) is 12.2. The minimum Gasteiger partial charge on any atom is -0.496 e. The summed E-state index contributed by atoms with van der Waals surface area (Å²) in [5.74, 6) is 1.66. The first-order valence-electron chi connectivity index (χ1n) is 12.0. The predicted octanol–water partition coefficient (Wildman–Crippen LogP) is 8.88. The summed E-state index contributed by atoms with van der Waals surface area (Å²) in [6.45, 7) is 12.9. The van der Waals surface area contributed by atoms with Crippen LogP contribution in [0.4, 0.5) is 10.5 Å². The quantitative estimate of drug-likeness (QED) is 0.247. The maximum Gasteiger partial charge on any atom is 0.415 e. The Morgan fingerprint density at radius 3 is 2.05 bits per heavy atom. The van der Waals surface area contributed by atoms with Crippen molar-refractivity contribution in [3.8, 4) is 17.2 Å². The third kappa shape index (κ3) is 8.79. The van der Waals surface area contributed by atoms with Gasteiger partial charge in [-0.1, -0.05) is 37.0 Å². The fraction of sp³-hybridized carbons (Fsp3) is 0.500. The third-order valence-electron chi connectivity index (χ3n) is 4.92. The fourth-order valence-corrected chi connectivity index (χ4v) is 5.59. The second kappa shape index (κ2) is 13.2. The Morgan fingerprint density at radius 2 is 1.59 bits per heavy atom. The lowest BCUT2D eigenvalue weighted by Crippen LogP contribution is -2.38. The van der Waals surface area contributed by atoms with Crippen molar-refractivity contribution in [2.45, 2.75) is 60.0 Å². The highest BCUT2D eigenvalue weighted by Gasteiger charge is 2.34. The zero-order valence-electron chi connectivity index (χ0n) is 22.6. The summed E-state index contributed by atoms with van der Waals surface area (Å²) in [4.78, 5) is 14.3. The Hall–Kier alpha value is -1.96. The highest BCUT2D eigenvalue weighted by atomic mass is 35.5. The molecule has 2 rings (SSSR count). The molecule has 0 atom stereocenters. The molecule has 0 fully saturated rings. The highest BCUT2D eigenvalue weighted by molar-refractivity contribution is 7.54. The number of amides is 1. The number of anilines is 1. The predicted molar refractivity (Wildman–Crippen MR) is 148 cm³/mol. The minimum atomic E-state index is -3.68. The molecule has 8 nitrogen and oxygen atoms in total. The number of methoxy groups -OCH3 is 1. The summed E-state index contributed by atoms with van der Waals surface area (Å²) in [6, 6.07) is 8.39. The van der Waals surface area contributed by atoms with E-state index in [1.54, 1.807) is 47.8 Å². The number of nitrogens with zero attached hydrogens (tertiary/aromatic N) is 1. The molecule has 0 aliphatic carbocycles. The van der Waals surface area contributed by atoms with Gasteiger partial charge in [-0.3, -0.25) is 9.46 Å². The summed E-state index contributed by atoms with van der Waals surface area (Å²) in [5, 5.41) is 0.279. The van der Waals surface area contributed by atoms with Crippen LogP contribution in [0.3, 0.4) is 0 Å². The molecule has 0 saturated heterocycles. The van der Waals surface area contributed by atoms with E-state index in [0.717, 1.165) is 16.2 Å². The van der Waals surface area contributed by atoms with Crippen molar-refractivity contribution >= 4 is 42.6 Å². The van der Waals surface area contributed by atoms with E-state index in [4.69, 9.17) is 46.5 Å². The van der Waals surface area contributed by atoms with E-state index in [2.05, 4.69) is 0 Å². The fourth-order valence-electron chi connectivity index (χ4n) is 3.39. The van der Waals surface area contributed by atoms with E-state index in [1.165, 1.54) is 12.1 Å². The van der Waals surface area contributed by atoms with Crippen LogP contribution in [0.5, 0.6) is 17.2 Å². The van der Waals surface area contributed by atoms with Gasteiger partial charge in [0.2, 0.25) is 0 Å². The van der Waals surface area contributed by atoms with Gasteiger partial charge in [-0.15, -0.1) is 0 Å². The molecule has 0 radical (unpaired) electrons. The average molecular weight is 576 g/mol. The molecule has 0 unspecified atom stereocenters. The number of carbonyl (C=O) groups is 1. The Labute approximate surface area is 229 Å². The van der Waals surface area contributed by atoms with E-state index in [9.17, 15) is 9.36 Å². The van der Waals surface area contributed by atoms with Crippen molar-refractivity contribution in [1.82, 2.24) is 0 Å². The maximum absolute atomic E-state index is 13.3. The van der Waals surface area contributed by atoms with Gasteiger partial charge in [-0.2, -0.15) is 0 Å². The lowest BCUT2D eigenvalue weighted by molar-refractivity contribution is 0.0581. The molecular weight excluding hydrogens is 540 g/mol. The Bertz CT molecular complexity index is 1100. The van der Waals surface area contributed by atoms with Gasteiger partial charge in [0, 0.05) is 5.56 Å². The van der Waals surface area contributed by atoms with Crippen molar-refractivity contribution in [2.24, 2.45) is 0 Å². The number of rotatable bonds is 11. The van der Waals surface area contributed by atoms with Crippen molar-refractivity contribution in [3.05, 3.63) is 45.9 Å². The molecule has 206 valence electrons. The molecule has 2 aromatic rings. The summed E-state index contributed by atoms with van der Waals surface area (Å²) in [5.41, 5.74) is 0.395. The minimum absolute atomic E-state index is 0.133. The Balaban J connectivity index is 2.49. The Morgan fingerprint density at radius 1 is 1.03 bits per heavy atom. The molecule has 0 aromatic heterocycles. The van der Waals surface area contributed by atoms with Gasteiger partial charge in [0.25, 0.3) is 0 Å². The number of benzene rings is 2. The van der Waals surface area contributed by atoms with Gasteiger partial charge in [0.1, 0.15) is 23.4 Å². The van der Waals surface area contributed by atoms with E-state index in [-0.39, 0.29) is 40.6 Å². The SMILES string of the molecule is CCOP(=O)(CN(C(=O)OC(C)(C)C)c1cc(Cl)c(Oc2ccc(OC)c(C(C)C)c2)c(Cl)c1)OCC. The van der Waals surface area contributed by atoms with Crippen LogP contribution in [0.2, 0.25) is 10.0 Å². The normalized spacial score (nSPS) is 12.0. The van der Waals surface area contributed by atoms with Crippen LogP contribution >= 0.6 is 30.8 Å². The van der Waals surface area contributed by atoms with Gasteiger partial charge in [-0.25, -0.2) is 4.79 Å². The number of carbonyl (C=O) groups excluding carboxylic acids is 1. The van der Waals surface area contributed by atoms with Crippen LogP contribution in [-0.2, 0) is 18.3 Å². The van der Waals surface area contributed by atoms with E-state index >= 15 is 0 Å². The molecule has 1 amide bonds. The summed E-state index contributed by atoms with van der Waals surface area (Å²) in [7, 11) is -2.07.